The SMILES string of the molecule is CCOC(=O)Oc1c(OC)cc(C(=O)N2CCCOC2)cc1OC. The van der Waals surface area contributed by atoms with Gasteiger partial charge < -0.3 is 28.6 Å². The van der Waals surface area contributed by atoms with Crippen molar-refractivity contribution in [2.75, 3.05) is 40.7 Å². The average molecular weight is 339 g/mol. The predicted molar refractivity (Wildman–Crippen MR) is 83.7 cm³/mol. The maximum absolute atomic E-state index is 12.6. The van der Waals surface area contributed by atoms with Gasteiger partial charge in [-0.1, -0.05) is 0 Å². The van der Waals surface area contributed by atoms with Gasteiger partial charge in [0.2, 0.25) is 5.75 Å². The summed E-state index contributed by atoms with van der Waals surface area (Å²) < 4.78 is 25.6. The Morgan fingerprint density at radius 2 is 1.88 bits per heavy atom. The molecule has 1 saturated heterocycles. The molecule has 1 aliphatic rings. The monoisotopic (exact) mass is 339 g/mol. The molecule has 0 spiro atoms. The number of benzene rings is 1. The Labute approximate surface area is 140 Å². The van der Waals surface area contributed by atoms with Gasteiger partial charge in [0.1, 0.15) is 6.73 Å². The minimum Gasteiger partial charge on any atom is -0.493 e. The topological polar surface area (TPSA) is 83.5 Å². The Balaban J connectivity index is 2.31. The van der Waals surface area contributed by atoms with Crippen LogP contribution in [0.1, 0.15) is 23.7 Å². The second-order valence-corrected chi connectivity index (χ2v) is 4.95. The van der Waals surface area contributed by atoms with Gasteiger partial charge in [0.15, 0.2) is 11.5 Å². The van der Waals surface area contributed by atoms with Gasteiger partial charge in [0.25, 0.3) is 5.91 Å². The quantitative estimate of drug-likeness (QED) is 0.600. The van der Waals surface area contributed by atoms with Crippen molar-refractivity contribution >= 4 is 12.1 Å². The van der Waals surface area contributed by atoms with E-state index in [1.165, 1.54) is 26.4 Å². The van der Waals surface area contributed by atoms with E-state index >= 15 is 0 Å². The van der Waals surface area contributed by atoms with Gasteiger partial charge in [0, 0.05) is 12.1 Å². The third-order valence-electron chi connectivity index (χ3n) is 3.41. The summed E-state index contributed by atoms with van der Waals surface area (Å²) in [6, 6.07) is 2.99. The highest BCUT2D eigenvalue weighted by atomic mass is 16.7. The molecule has 0 aliphatic carbocycles. The van der Waals surface area contributed by atoms with Gasteiger partial charge in [-0.3, -0.25) is 4.79 Å². The summed E-state index contributed by atoms with van der Waals surface area (Å²) in [6.45, 7) is 3.34. The number of methoxy groups -OCH3 is 2. The third kappa shape index (κ3) is 4.08. The van der Waals surface area contributed by atoms with Crippen LogP contribution in [0.3, 0.4) is 0 Å². The summed E-state index contributed by atoms with van der Waals surface area (Å²) in [4.78, 5) is 25.7. The molecule has 0 N–H and O–H groups in total. The minimum atomic E-state index is -0.877. The summed E-state index contributed by atoms with van der Waals surface area (Å²) in [7, 11) is 2.82. The molecule has 2 rings (SSSR count). The highest BCUT2D eigenvalue weighted by Gasteiger charge is 2.24. The van der Waals surface area contributed by atoms with Crippen LogP contribution < -0.4 is 14.2 Å². The largest absolute Gasteiger partial charge is 0.514 e. The summed E-state index contributed by atoms with van der Waals surface area (Å²) in [5, 5.41) is 0. The van der Waals surface area contributed by atoms with Crippen molar-refractivity contribution in [3.05, 3.63) is 17.7 Å². The molecule has 0 radical (unpaired) electrons. The molecule has 0 aromatic heterocycles. The predicted octanol–water partition coefficient (Wildman–Crippen LogP) is 2.06. The van der Waals surface area contributed by atoms with Crippen LogP contribution in [0.15, 0.2) is 12.1 Å². The van der Waals surface area contributed by atoms with E-state index in [-0.39, 0.29) is 36.5 Å². The molecule has 1 aliphatic heterocycles. The number of ether oxygens (including phenoxy) is 5. The lowest BCUT2D eigenvalue weighted by molar-refractivity contribution is -0.00574. The molecule has 0 unspecified atom stereocenters. The van der Waals surface area contributed by atoms with Gasteiger partial charge in [-0.25, -0.2) is 4.79 Å². The van der Waals surface area contributed by atoms with E-state index in [2.05, 4.69) is 0 Å². The van der Waals surface area contributed by atoms with Gasteiger partial charge in [0.05, 0.1) is 27.4 Å². The molecule has 1 heterocycles. The lowest BCUT2D eigenvalue weighted by Crippen LogP contribution is -2.38. The summed E-state index contributed by atoms with van der Waals surface area (Å²) in [6.07, 6.45) is -0.0954. The van der Waals surface area contributed by atoms with Crippen molar-refractivity contribution < 1.29 is 33.3 Å². The smallest absolute Gasteiger partial charge is 0.493 e. The second-order valence-electron chi connectivity index (χ2n) is 4.95. The Hall–Kier alpha value is -2.48. The van der Waals surface area contributed by atoms with E-state index in [9.17, 15) is 9.59 Å². The normalized spacial score (nSPS) is 14.0. The summed E-state index contributed by atoms with van der Waals surface area (Å²) in [5.74, 6) is 0.242. The molecule has 1 fully saturated rings. The number of nitrogens with zero attached hydrogens (tertiary/aromatic N) is 1. The molecule has 24 heavy (non-hydrogen) atoms. The van der Waals surface area contributed by atoms with Crippen LogP contribution in [0.2, 0.25) is 0 Å². The zero-order valence-electron chi connectivity index (χ0n) is 14.0. The lowest BCUT2D eigenvalue weighted by Gasteiger charge is -2.27. The van der Waals surface area contributed by atoms with E-state index < -0.39 is 6.16 Å². The van der Waals surface area contributed by atoms with E-state index in [0.717, 1.165) is 6.42 Å². The van der Waals surface area contributed by atoms with E-state index in [4.69, 9.17) is 23.7 Å². The van der Waals surface area contributed by atoms with Crippen molar-refractivity contribution in [1.82, 2.24) is 4.90 Å². The van der Waals surface area contributed by atoms with Gasteiger partial charge >= 0.3 is 6.16 Å². The first-order chi connectivity index (χ1) is 11.6. The van der Waals surface area contributed by atoms with E-state index in [1.54, 1.807) is 11.8 Å². The number of amides is 1. The maximum atomic E-state index is 12.6. The van der Waals surface area contributed by atoms with Crippen LogP contribution in [0.25, 0.3) is 0 Å². The second kappa shape index (κ2) is 8.39. The standard InChI is InChI=1S/C16H21NO7/c1-4-23-16(19)24-14-12(20-2)8-11(9-13(14)21-3)15(18)17-6-5-7-22-10-17/h8-9H,4-7,10H2,1-3H3. The molecule has 1 aromatic carbocycles. The Bertz CT molecular complexity index is 571. The molecular weight excluding hydrogens is 318 g/mol. The van der Waals surface area contributed by atoms with Crippen LogP contribution in [-0.2, 0) is 9.47 Å². The molecule has 8 nitrogen and oxygen atoms in total. The van der Waals surface area contributed by atoms with Gasteiger partial charge in [-0.2, -0.15) is 0 Å². The highest BCUT2D eigenvalue weighted by molar-refractivity contribution is 5.95. The Morgan fingerprint density at radius 3 is 2.38 bits per heavy atom. The molecule has 132 valence electrons. The van der Waals surface area contributed by atoms with Crippen LogP contribution >= 0.6 is 0 Å². The van der Waals surface area contributed by atoms with Crippen LogP contribution in [0.5, 0.6) is 17.2 Å². The molecule has 1 amide bonds. The van der Waals surface area contributed by atoms with Gasteiger partial charge in [-0.05, 0) is 25.5 Å². The molecule has 8 heteroatoms. The van der Waals surface area contributed by atoms with Crippen LogP contribution in [0, 0.1) is 0 Å². The minimum absolute atomic E-state index is 0.0601. The lowest BCUT2D eigenvalue weighted by atomic mass is 10.1. The van der Waals surface area contributed by atoms with Crippen molar-refractivity contribution in [3.63, 3.8) is 0 Å². The van der Waals surface area contributed by atoms with Crippen molar-refractivity contribution in [2.24, 2.45) is 0 Å². The first-order valence-corrected chi connectivity index (χ1v) is 7.58. The number of carbonyl (C=O) groups is 2. The fourth-order valence-electron chi connectivity index (χ4n) is 2.27. The Morgan fingerprint density at radius 1 is 1.21 bits per heavy atom. The number of hydrogen-bond donors (Lipinski definition) is 0. The van der Waals surface area contributed by atoms with Crippen LogP contribution in [-0.4, -0.2) is 57.7 Å². The molecule has 0 atom stereocenters. The van der Waals surface area contributed by atoms with Crippen molar-refractivity contribution in [3.8, 4) is 17.2 Å². The fourth-order valence-corrected chi connectivity index (χ4v) is 2.27. The first-order valence-electron chi connectivity index (χ1n) is 7.58. The highest BCUT2D eigenvalue weighted by Crippen LogP contribution is 2.39. The number of hydrogen-bond acceptors (Lipinski definition) is 7. The summed E-state index contributed by atoms with van der Waals surface area (Å²) >= 11 is 0. The Kier molecular flexibility index (Phi) is 6.25. The number of rotatable bonds is 5. The van der Waals surface area contributed by atoms with Crippen LogP contribution in [0.4, 0.5) is 4.79 Å². The first kappa shape index (κ1) is 17.9. The average Bonchev–Trinajstić information content (AvgIpc) is 2.62. The van der Waals surface area contributed by atoms with Crippen molar-refractivity contribution in [1.29, 1.82) is 0 Å². The number of carbonyl (C=O) groups excluding carboxylic acids is 2. The zero-order valence-corrected chi connectivity index (χ0v) is 14.0. The fraction of sp³-hybridized carbons (Fsp3) is 0.500. The molecule has 0 bridgehead atoms. The van der Waals surface area contributed by atoms with E-state index in [0.29, 0.717) is 18.7 Å². The molecule has 0 saturated carbocycles. The third-order valence-corrected chi connectivity index (χ3v) is 3.41. The van der Waals surface area contributed by atoms with E-state index in [1.807, 2.05) is 0 Å². The van der Waals surface area contributed by atoms with Crippen molar-refractivity contribution in [2.45, 2.75) is 13.3 Å². The zero-order chi connectivity index (χ0) is 17.5. The maximum Gasteiger partial charge on any atom is 0.514 e. The molecular formula is C16H21NO7. The molecule has 1 aromatic rings. The van der Waals surface area contributed by atoms with Gasteiger partial charge in [-0.15, -0.1) is 0 Å². The summed E-state index contributed by atoms with van der Waals surface area (Å²) in [5.41, 5.74) is 0.352.